The van der Waals surface area contributed by atoms with Crippen molar-refractivity contribution < 1.29 is 0 Å². The van der Waals surface area contributed by atoms with Gasteiger partial charge in [0, 0.05) is 6.04 Å². The molecule has 2 N–H and O–H groups in total. The van der Waals surface area contributed by atoms with Crippen LogP contribution in [0, 0.1) is 11.8 Å². The summed E-state index contributed by atoms with van der Waals surface area (Å²) in [5, 5.41) is 1.22. The molecule has 98 valence electrons. The number of allylic oxidation sites excluding steroid dienone is 1. The number of rotatable bonds is 2. The van der Waals surface area contributed by atoms with Gasteiger partial charge in [-0.3, -0.25) is 0 Å². The molecule has 1 saturated carbocycles. The number of fused-ring (bicyclic) bond motifs is 3. The molecule has 4 rings (SSSR count). The smallest absolute Gasteiger partial charge is 0.120 e. The van der Waals surface area contributed by atoms with Crippen LogP contribution in [0.4, 0.5) is 0 Å². The van der Waals surface area contributed by atoms with Crippen LogP contribution in [0.3, 0.4) is 0 Å². The molecular weight excluding hydrogens is 252 g/mol. The third-order valence-electron chi connectivity index (χ3n) is 4.61. The van der Waals surface area contributed by atoms with Crippen molar-refractivity contribution in [1.29, 1.82) is 0 Å². The summed E-state index contributed by atoms with van der Waals surface area (Å²) < 4.78 is 1.29. The molecule has 1 heterocycles. The lowest BCUT2D eigenvalue weighted by Gasteiger charge is -2.21. The summed E-state index contributed by atoms with van der Waals surface area (Å²) in [7, 11) is 0. The second-order valence-corrected chi connectivity index (χ2v) is 6.88. The van der Waals surface area contributed by atoms with Gasteiger partial charge >= 0.3 is 0 Å². The lowest BCUT2D eigenvalue weighted by molar-refractivity contribution is 0.606. The Morgan fingerprint density at radius 1 is 1.26 bits per heavy atom. The van der Waals surface area contributed by atoms with Crippen molar-refractivity contribution in [2.45, 2.75) is 32.2 Å². The van der Waals surface area contributed by atoms with Crippen LogP contribution in [-0.2, 0) is 0 Å². The van der Waals surface area contributed by atoms with E-state index in [4.69, 9.17) is 10.7 Å². The van der Waals surface area contributed by atoms with Gasteiger partial charge in [-0.15, -0.1) is 11.3 Å². The van der Waals surface area contributed by atoms with E-state index in [-0.39, 0.29) is 6.04 Å². The summed E-state index contributed by atoms with van der Waals surface area (Å²) in [6.45, 7) is 2.13. The Balaban J connectivity index is 1.90. The summed E-state index contributed by atoms with van der Waals surface area (Å²) in [6.07, 6.45) is 3.96. The zero-order chi connectivity index (χ0) is 13.0. The highest BCUT2D eigenvalue weighted by atomic mass is 32.1. The number of nitrogens with two attached hydrogens (primary N) is 1. The van der Waals surface area contributed by atoms with Gasteiger partial charge in [0.2, 0.25) is 0 Å². The molecule has 2 aliphatic rings. The van der Waals surface area contributed by atoms with E-state index < -0.39 is 0 Å². The Kier molecular flexibility index (Phi) is 2.54. The van der Waals surface area contributed by atoms with Crippen LogP contribution in [0.15, 0.2) is 29.8 Å². The fraction of sp³-hybridized carbons (Fsp3) is 0.438. The summed E-state index contributed by atoms with van der Waals surface area (Å²) in [6, 6.07) is 8.60. The van der Waals surface area contributed by atoms with E-state index in [9.17, 15) is 0 Å². The Labute approximate surface area is 117 Å². The summed E-state index contributed by atoms with van der Waals surface area (Å²) in [5.41, 5.74) is 10.3. The number of nitrogens with zero attached hydrogens (tertiary/aromatic N) is 1. The van der Waals surface area contributed by atoms with Gasteiger partial charge in [0.05, 0.1) is 10.2 Å². The summed E-state index contributed by atoms with van der Waals surface area (Å²) in [5.74, 6) is 1.44. The molecule has 1 aromatic carbocycles. The van der Waals surface area contributed by atoms with E-state index in [1.807, 2.05) is 11.3 Å². The second kappa shape index (κ2) is 4.15. The maximum absolute atomic E-state index is 6.23. The fourth-order valence-corrected chi connectivity index (χ4v) is 5.00. The number of hydrogen-bond acceptors (Lipinski definition) is 3. The molecule has 2 nitrogen and oxygen atoms in total. The third kappa shape index (κ3) is 1.68. The molecule has 0 aliphatic heterocycles. The molecule has 0 saturated heterocycles. The van der Waals surface area contributed by atoms with Gasteiger partial charge in [-0.05, 0) is 61.3 Å². The largest absolute Gasteiger partial charge is 0.324 e. The number of aromatic nitrogens is 1. The lowest BCUT2D eigenvalue weighted by atomic mass is 9.88. The standard InChI is InChI=1S/C16H18N2S/c1-9(17)14-10-6-7-11(8-10)15(14)16-18-12-4-2-3-5-13(12)19-16/h2-5,9-11H,6-8,17H2,1H3. The van der Waals surface area contributed by atoms with Crippen molar-refractivity contribution in [2.75, 3.05) is 0 Å². The Morgan fingerprint density at radius 2 is 2.05 bits per heavy atom. The number of para-hydroxylation sites is 1. The molecule has 0 radical (unpaired) electrons. The molecule has 1 aromatic heterocycles. The average Bonchev–Trinajstić information content (AvgIpc) is 3.10. The van der Waals surface area contributed by atoms with Crippen molar-refractivity contribution >= 4 is 27.1 Å². The molecule has 1 fully saturated rings. The predicted octanol–water partition coefficient (Wildman–Crippen LogP) is 3.83. The molecule has 0 spiro atoms. The minimum Gasteiger partial charge on any atom is -0.324 e. The molecule has 2 bridgehead atoms. The normalized spacial score (nSPS) is 27.5. The van der Waals surface area contributed by atoms with Crippen LogP contribution in [0.25, 0.3) is 15.8 Å². The Morgan fingerprint density at radius 3 is 2.84 bits per heavy atom. The van der Waals surface area contributed by atoms with E-state index in [1.54, 1.807) is 0 Å². The van der Waals surface area contributed by atoms with Crippen LogP contribution >= 0.6 is 11.3 Å². The molecule has 2 aromatic rings. The van der Waals surface area contributed by atoms with Crippen LogP contribution in [-0.4, -0.2) is 11.0 Å². The van der Waals surface area contributed by atoms with Gasteiger partial charge in [-0.25, -0.2) is 4.98 Å². The zero-order valence-electron chi connectivity index (χ0n) is 11.1. The molecule has 3 heteroatoms. The maximum Gasteiger partial charge on any atom is 0.120 e. The molecule has 2 aliphatic carbocycles. The summed E-state index contributed by atoms with van der Waals surface area (Å²) in [4.78, 5) is 4.85. The van der Waals surface area contributed by atoms with Crippen LogP contribution in [0.2, 0.25) is 0 Å². The first-order chi connectivity index (χ1) is 9.24. The first kappa shape index (κ1) is 11.6. The van der Waals surface area contributed by atoms with Crippen molar-refractivity contribution in [3.8, 4) is 0 Å². The van der Waals surface area contributed by atoms with Gasteiger partial charge in [0.25, 0.3) is 0 Å². The van der Waals surface area contributed by atoms with Crippen LogP contribution in [0.1, 0.15) is 31.2 Å². The lowest BCUT2D eigenvalue weighted by Crippen LogP contribution is -2.23. The highest BCUT2D eigenvalue weighted by Gasteiger charge is 2.41. The van der Waals surface area contributed by atoms with E-state index in [0.29, 0.717) is 5.92 Å². The number of benzene rings is 1. The predicted molar refractivity (Wildman–Crippen MR) is 81.0 cm³/mol. The van der Waals surface area contributed by atoms with Crippen LogP contribution < -0.4 is 5.73 Å². The van der Waals surface area contributed by atoms with Crippen molar-refractivity contribution in [3.05, 3.63) is 34.8 Å². The number of thiazole rings is 1. The van der Waals surface area contributed by atoms with E-state index >= 15 is 0 Å². The van der Waals surface area contributed by atoms with Gasteiger partial charge in [0.1, 0.15) is 5.01 Å². The first-order valence-corrected chi connectivity index (χ1v) is 7.91. The molecule has 0 amide bonds. The molecule has 3 unspecified atom stereocenters. The Bertz CT molecular complexity index is 635. The quantitative estimate of drug-likeness (QED) is 0.900. The third-order valence-corrected chi connectivity index (χ3v) is 5.68. The van der Waals surface area contributed by atoms with Gasteiger partial charge in [-0.2, -0.15) is 0 Å². The second-order valence-electron chi connectivity index (χ2n) is 5.85. The van der Waals surface area contributed by atoms with Gasteiger partial charge in [-0.1, -0.05) is 12.1 Å². The van der Waals surface area contributed by atoms with Gasteiger partial charge in [0.15, 0.2) is 0 Å². The van der Waals surface area contributed by atoms with Crippen molar-refractivity contribution in [3.63, 3.8) is 0 Å². The van der Waals surface area contributed by atoms with Crippen molar-refractivity contribution in [1.82, 2.24) is 4.98 Å². The average molecular weight is 270 g/mol. The monoisotopic (exact) mass is 270 g/mol. The van der Waals surface area contributed by atoms with E-state index in [2.05, 4.69) is 31.2 Å². The maximum atomic E-state index is 6.23. The highest BCUT2D eigenvalue weighted by Crippen LogP contribution is 2.53. The highest BCUT2D eigenvalue weighted by molar-refractivity contribution is 7.19. The SMILES string of the molecule is CC(N)C1=C(c2nc3ccccc3s2)C2CCC1C2. The Hall–Kier alpha value is -1.19. The molecular formula is C16H18N2S. The summed E-state index contributed by atoms with van der Waals surface area (Å²) >= 11 is 1.83. The number of hydrogen-bond donors (Lipinski definition) is 1. The molecule has 19 heavy (non-hydrogen) atoms. The van der Waals surface area contributed by atoms with Crippen molar-refractivity contribution in [2.24, 2.45) is 17.6 Å². The minimum absolute atomic E-state index is 0.178. The van der Waals surface area contributed by atoms with Gasteiger partial charge < -0.3 is 5.73 Å². The van der Waals surface area contributed by atoms with E-state index in [0.717, 1.165) is 11.4 Å². The first-order valence-electron chi connectivity index (χ1n) is 7.09. The molecule has 3 atom stereocenters. The minimum atomic E-state index is 0.178. The zero-order valence-corrected chi connectivity index (χ0v) is 11.9. The fourth-order valence-electron chi connectivity index (χ4n) is 3.88. The van der Waals surface area contributed by atoms with E-state index in [1.165, 1.54) is 40.1 Å². The van der Waals surface area contributed by atoms with Crippen LogP contribution in [0.5, 0.6) is 0 Å². The topological polar surface area (TPSA) is 38.9 Å².